The van der Waals surface area contributed by atoms with E-state index < -0.39 is 0 Å². The van der Waals surface area contributed by atoms with Crippen LogP contribution in [0.1, 0.15) is 57.4 Å². The van der Waals surface area contributed by atoms with E-state index in [0.717, 1.165) is 32.2 Å². The summed E-state index contributed by atoms with van der Waals surface area (Å²) in [5, 5.41) is 3.21. The molecule has 25 heavy (non-hydrogen) atoms. The maximum absolute atomic E-state index is 12.6. The van der Waals surface area contributed by atoms with Gasteiger partial charge in [-0.3, -0.25) is 9.59 Å². The lowest BCUT2D eigenvalue weighted by atomic mass is 9.81. The third-order valence-corrected chi connectivity index (χ3v) is 5.52. The van der Waals surface area contributed by atoms with Gasteiger partial charge in [0, 0.05) is 25.6 Å². The molecule has 2 aliphatic rings. The van der Waals surface area contributed by atoms with Gasteiger partial charge in [-0.15, -0.1) is 0 Å². The summed E-state index contributed by atoms with van der Waals surface area (Å²) >= 11 is 0. The second kappa shape index (κ2) is 8.03. The minimum Gasteiger partial charge on any atom is -0.353 e. The maximum Gasteiger partial charge on any atom is 0.225 e. The van der Waals surface area contributed by atoms with Gasteiger partial charge < -0.3 is 10.2 Å². The van der Waals surface area contributed by atoms with Crippen molar-refractivity contribution in [3.05, 3.63) is 35.9 Å². The van der Waals surface area contributed by atoms with E-state index >= 15 is 0 Å². The molecule has 1 unspecified atom stereocenters. The molecule has 4 nitrogen and oxygen atoms in total. The summed E-state index contributed by atoms with van der Waals surface area (Å²) in [6.45, 7) is 5.55. The molecule has 1 aliphatic carbocycles. The Morgan fingerprint density at radius 2 is 1.84 bits per heavy atom. The molecular formula is C21H30N2O2. The van der Waals surface area contributed by atoms with Gasteiger partial charge in [-0.2, -0.15) is 0 Å². The lowest BCUT2D eigenvalue weighted by Crippen LogP contribution is -2.41. The van der Waals surface area contributed by atoms with Gasteiger partial charge in [0.2, 0.25) is 11.8 Å². The van der Waals surface area contributed by atoms with E-state index in [4.69, 9.17) is 0 Å². The molecule has 1 aromatic rings. The third kappa shape index (κ3) is 4.62. The number of likely N-dealkylation sites (tertiary alicyclic amines) is 1. The summed E-state index contributed by atoms with van der Waals surface area (Å²) in [7, 11) is 0. The fraction of sp³-hybridized carbons (Fsp3) is 0.619. The zero-order chi connectivity index (χ0) is 17.8. The third-order valence-electron chi connectivity index (χ3n) is 5.52. The van der Waals surface area contributed by atoms with E-state index in [9.17, 15) is 9.59 Å². The standard InChI is InChI=1S/C21H30N2O2/c1-15(2)13-23-14-18(12-20(23)24)21(25)22-19-10-8-17(9-11-19)16-6-4-3-5-7-16/h3-7,15,17-19H,8-14H2,1-2H3,(H,22,25). The lowest BCUT2D eigenvalue weighted by molar-refractivity contribution is -0.129. The number of carbonyl (C=O) groups excluding carboxylic acids is 2. The zero-order valence-electron chi connectivity index (χ0n) is 15.4. The Balaban J connectivity index is 1.46. The molecule has 0 aromatic heterocycles. The highest BCUT2D eigenvalue weighted by Crippen LogP contribution is 2.33. The Labute approximate surface area is 151 Å². The molecule has 0 spiro atoms. The van der Waals surface area contributed by atoms with Crippen LogP contribution in [0.25, 0.3) is 0 Å². The first-order valence-electron chi connectivity index (χ1n) is 9.66. The maximum atomic E-state index is 12.6. The highest BCUT2D eigenvalue weighted by molar-refractivity contribution is 5.89. The lowest BCUT2D eigenvalue weighted by Gasteiger charge is -2.30. The topological polar surface area (TPSA) is 49.4 Å². The fourth-order valence-corrected chi connectivity index (χ4v) is 4.18. The minimum absolute atomic E-state index is 0.0720. The Kier molecular flexibility index (Phi) is 5.77. The highest BCUT2D eigenvalue weighted by Gasteiger charge is 2.35. The van der Waals surface area contributed by atoms with Crippen molar-refractivity contribution < 1.29 is 9.59 Å². The number of hydrogen-bond acceptors (Lipinski definition) is 2. The summed E-state index contributed by atoms with van der Waals surface area (Å²) < 4.78 is 0. The van der Waals surface area contributed by atoms with Crippen LogP contribution in [0, 0.1) is 11.8 Å². The molecule has 1 saturated carbocycles. The van der Waals surface area contributed by atoms with E-state index in [2.05, 4.69) is 49.5 Å². The Morgan fingerprint density at radius 1 is 1.16 bits per heavy atom. The first kappa shape index (κ1) is 18.0. The van der Waals surface area contributed by atoms with Crippen molar-refractivity contribution in [1.82, 2.24) is 10.2 Å². The van der Waals surface area contributed by atoms with Gasteiger partial charge in [-0.05, 0) is 43.1 Å². The van der Waals surface area contributed by atoms with Crippen LogP contribution in [0.3, 0.4) is 0 Å². The second-order valence-electron chi connectivity index (χ2n) is 8.06. The zero-order valence-corrected chi connectivity index (χ0v) is 15.4. The molecule has 1 heterocycles. The molecule has 0 radical (unpaired) electrons. The largest absolute Gasteiger partial charge is 0.353 e. The van der Waals surface area contributed by atoms with Gasteiger partial charge in [0.15, 0.2) is 0 Å². The van der Waals surface area contributed by atoms with Crippen LogP contribution in [-0.4, -0.2) is 35.8 Å². The summed E-state index contributed by atoms with van der Waals surface area (Å²) in [5.41, 5.74) is 1.41. The molecule has 0 bridgehead atoms. The molecule has 2 amide bonds. The van der Waals surface area contributed by atoms with Crippen molar-refractivity contribution in [3.8, 4) is 0 Å². The summed E-state index contributed by atoms with van der Waals surface area (Å²) in [6, 6.07) is 10.9. The molecule has 1 atom stereocenters. The van der Waals surface area contributed by atoms with Gasteiger partial charge in [-0.1, -0.05) is 44.2 Å². The normalized spacial score (nSPS) is 26.9. The molecule has 136 valence electrons. The average molecular weight is 342 g/mol. The summed E-state index contributed by atoms with van der Waals surface area (Å²) in [5.74, 6) is 1.09. The molecule has 2 fully saturated rings. The van der Waals surface area contributed by atoms with Crippen LogP contribution in [0.5, 0.6) is 0 Å². The van der Waals surface area contributed by atoms with Crippen LogP contribution in [-0.2, 0) is 9.59 Å². The van der Waals surface area contributed by atoms with Crippen molar-refractivity contribution in [2.75, 3.05) is 13.1 Å². The number of carbonyl (C=O) groups is 2. The quantitative estimate of drug-likeness (QED) is 0.892. The van der Waals surface area contributed by atoms with Gasteiger partial charge in [0.05, 0.1) is 5.92 Å². The van der Waals surface area contributed by atoms with Gasteiger partial charge >= 0.3 is 0 Å². The summed E-state index contributed by atoms with van der Waals surface area (Å²) in [4.78, 5) is 26.5. The van der Waals surface area contributed by atoms with Crippen LogP contribution >= 0.6 is 0 Å². The number of nitrogens with one attached hydrogen (secondary N) is 1. The van der Waals surface area contributed by atoms with E-state index in [-0.39, 0.29) is 23.8 Å². The Hall–Kier alpha value is -1.84. The number of nitrogens with zero attached hydrogens (tertiary/aromatic N) is 1. The van der Waals surface area contributed by atoms with E-state index in [0.29, 0.717) is 24.8 Å². The molecule has 1 N–H and O–H groups in total. The van der Waals surface area contributed by atoms with Crippen LogP contribution < -0.4 is 5.32 Å². The Morgan fingerprint density at radius 3 is 2.48 bits per heavy atom. The van der Waals surface area contributed by atoms with Crippen LogP contribution in [0.2, 0.25) is 0 Å². The van der Waals surface area contributed by atoms with Crippen molar-refractivity contribution in [3.63, 3.8) is 0 Å². The van der Waals surface area contributed by atoms with E-state index in [1.807, 2.05) is 4.90 Å². The first-order chi connectivity index (χ1) is 12.0. The van der Waals surface area contributed by atoms with Crippen LogP contribution in [0.15, 0.2) is 30.3 Å². The fourth-order valence-electron chi connectivity index (χ4n) is 4.18. The monoisotopic (exact) mass is 342 g/mol. The molecule has 1 saturated heterocycles. The average Bonchev–Trinajstić information content (AvgIpc) is 2.96. The molecule has 3 rings (SSSR count). The van der Waals surface area contributed by atoms with Crippen molar-refractivity contribution in [2.24, 2.45) is 11.8 Å². The summed E-state index contributed by atoms with van der Waals surface area (Å²) in [6.07, 6.45) is 4.68. The van der Waals surface area contributed by atoms with Gasteiger partial charge in [-0.25, -0.2) is 0 Å². The SMILES string of the molecule is CC(C)CN1CC(C(=O)NC2CCC(c3ccccc3)CC2)CC1=O. The number of rotatable bonds is 5. The number of benzene rings is 1. The van der Waals surface area contributed by atoms with Gasteiger partial charge in [0.1, 0.15) is 0 Å². The van der Waals surface area contributed by atoms with Crippen molar-refractivity contribution >= 4 is 11.8 Å². The van der Waals surface area contributed by atoms with E-state index in [1.165, 1.54) is 5.56 Å². The molecule has 4 heteroatoms. The van der Waals surface area contributed by atoms with Crippen LogP contribution in [0.4, 0.5) is 0 Å². The smallest absolute Gasteiger partial charge is 0.225 e. The number of amides is 2. The predicted molar refractivity (Wildman–Crippen MR) is 99.1 cm³/mol. The van der Waals surface area contributed by atoms with Crippen molar-refractivity contribution in [2.45, 2.75) is 57.9 Å². The second-order valence-corrected chi connectivity index (χ2v) is 8.06. The predicted octanol–water partition coefficient (Wildman–Crippen LogP) is 3.33. The number of hydrogen-bond donors (Lipinski definition) is 1. The molecular weight excluding hydrogens is 312 g/mol. The minimum atomic E-state index is -0.168. The molecule has 1 aromatic carbocycles. The highest BCUT2D eigenvalue weighted by atomic mass is 16.2. The molecule has 1 aliphatic heterocycles. The van der Waals surface area contributed by atoms with E-state index in [1.54, 1.807) is 0 Å². The first-order valence-corrected chi connectivity index (χ1v) is 9.66. The Bertz CT molecular complexity index is 591. The van der Waals surface area contributed by atoms with Crippen molar-refractivity contribution in [1.29, 1.82) is 0 Å². The van der Waals surface area contributed by atoms with Gasteiger partial charge in [0.25, 0.3) is 0 Å².